The van der Waals surface area contributed by atoms with Gasteiger partial charge in [0.2, 0.25) is 0 Å². The molecule has 1 aliphatic carbocycles. The van der Waals surface area contributed by atoms with E-state index in [0.717, 1.165) is 18.5 Å². The van der Waals surface area contributed by atoms with Gasteiger partial charge in [0.1, 0.15) is 0 Å². The van der Waals surface area contributed by atoms with Gasteiger partial charge in [0, 0.05) is 11.4 Å². The molecule has 1 aliphatic rings. The molecule has 24 heavy (non-hydrogen) atoms. The summed E-state index contributed by atoms with van der Waals surface area (Å²) in [5.74, 6) is -0.502. The van der Waals surface area contributed by atoms with E-state index in [0.29, 0.717) is 16.1 Å². The third kappa shape index (κ3) is 3.47. The molecule has 128 valence electrons. The molecule has 0 amide bonds. The number of carbonyl (C=O) groups excluding carboxylic acids is 1. The maximum atomic E-state index is 12.2. The van der Waals surface area contributed by atoms with Crippen LogP contribution in [-0.2, 0) is 11.3 Å². The Balaban J connectivity index is 2.06. The Kier molecular flexibility index (Phi) is 5.52. The zero-order valence-corrected chi connectivity index (χ0v) is 14.5. The van der Waals surface area contributed by atoms with E-state index < -0.39 is 5.97 Å². The highest BCUT2D eigenvalue weighted by atomic mass is 32.2. The fourth-order valence-corrected chi connectivity index (χ4v) is 4.26. The number of rotatable bonds is 6. The van der Waals surface area contributed by atoms with Gasteiger partial charge in [-0.1, -0.05) is 24.6 Å². The van der Waals surface area contributed by atoms with Crippen LogP contribution in [0, 0.1) is 0 Å². The minimum Gasteiger partial charge on any atom is -0.461 e. The third-order valence-electron chi connectivity index (χ3n) is 4.04. The zero-order chi connectivity index (χ0) is 16.9. The van der Waals surface area contributed by atoms with Crippen LogP contribution in [0.5, 0.6) is 0 Å². The Labute approximate surface area is 145 Å². The predicted octanol–water partition coefficient (Wildman–Crippen LogP) is 2.97. The van der Waals surface area contributed by atoms with Crippen molar-refractivity contribution in [2.45, 2.75) is 49.6 Å². The summed E-state index contributed by atoms with van der Waals surface area (Å²) < 4.78 is 6.92. The van der Waals surface area contributed by atoms with Gasteiger partial charge in [0.25, 0.3) is 0 Å². The van der Waals surface area contributed by atoms with Crippen molar-refractivity contribution in [3.05, 3.63) is 35.9 Å². The number of hydrogen-bond donors (Lipinski definition) is 1. The molecule has 1 N–H and O–H groups in total. The van der Waals surface area contributed by atoms with Crippen LogP contribution in [0.3, 0.4) is 0 Å². The Morgan fingerprint density at radius 2 is 2.25 bits per heavy atom. The Bertz CT molecular complexity index is 697. The second-order valence-electron chi connectivity index (χ2n) is 5.64. The summed E-state index contributed by atoms with van der Waals surface area (Å²) in [5.41, 5.74) is 1.41. The molecule has 2 heterocycles. The first-order valence-corrected chi connectivity index (χ1v) is 9.09. The number of pyridine rings is 1. The van der Waals surface area contributed by atoms with Crippen molar-refractivity contribution in [1.29, 1.82) is 0 Å². The number of aromatic nitrogens is 3. The Morgan fingerprint density at radius 3 is 2.88 bits per heavy atom. The van der Waals surface area contributed by atoms with Gasteiger partial charge < -0.3 is 9.84 Å². The van der Waals surface area contributed by atoms with Gasteiger partial charge in [-0.25, -0.2) is 9.78 Å². The first kappa shape index (κ1) is 17.0. The number of nitrogens with zero attached hydrogens (tertiary/aromatic N) is 3. The SMILES string of the molecule is CCOC(=O)c1nc(SC2CCCC2)n(-c2cccnc2)c1CO. The van der Waals surface area contributed by atoms with Crippen molar-refractivity contribution in [1.82, 2.24) is 14.5 Å². The Morgan fingerprint density at radius 1 is 1.46 bits per heavy atom. The molecule has 1 fully saturated rings. The minimum absolute atomic E-state index is 0.184. The lowest BCUT2D eigenvalue weighted by Gasteiger charge is -2.12. The van der Waals surface area contributed by atoms with Gasteiger partial charge in [0.15, 0.2) is 10.9 Å². The van der Waals surface area contributed by atoms with Crippen LogP contribution in [0.15, 0.2) is 29.7 Å². The summed E-state index contributed by atoms with van der Waals surface area (Å²) in [6, 6.07) is 3.71. The number of aliphatic hydroxyl groups excluding tert-OH is 1. The second-order valence-corrected chi connectivity index (χ2v) is 6.91. The summed E-state index contributed by atoms with van der Waals surface area (Å²) >= 11 is 1.66. The monoisotopic (exact) mass is 347 g/mol. The van der Waals surface area contributed by atoms with E-state index in [4.69, 9.17) is 4.74 Å². The lowest BCUT2D eigenvalue weighted by Crippen LogP contribution is -2.10. The number of esters is 1. The third-order valence-corrected chi connectivity index (χ3v) is 5.33. The molecule has 0 unspecified atom stereocenters. The topological polar surface area (TPSA) is 77.2 Å². The van der Waals surface area contributed by atoms with Crippen LogP contribution in [0.1, 0.15) is 48.8 Å². The molecule has 0 atom stereocenters. The van der Waals surface area contributed by atoms with E-state index >= 15 is 0 Å². The fraction of sp³-hybridized carbons (Fsp3) is 0.471. The number of aliphatic hydroxyl groups is 1. The van der Waals surface area contributed by atoms with Crippen molar-refractivity contribution >= 4 is 17.7 Å². The van der Waals surface area contributed by atoms with Crippen LogP contribution >= 0.6 is 11.8 Å². The van der Waals surface area contributed by atoms with Crippen molar-refractivity contribution in [3.8, 4) is 5.69 Å². The maximum Gasteiger partial charge on any atom is 0.358 e. The summed E-state index contributed by atoms with van der Waals surface area (Å²) in [6.45, 7) is 1.73. The van der Waals surface area contributed by atoms with Crippen LogP contribution in [0.25, 0.3) is 5.69 Å². The van der Waals surface area contributed by atoms with Gasteiger partial charge in [-0.05, 0) is 31.9 Å². The highest BCUT2D eigenvalue weighted by Crippen LogP contribution is 2.36. The van der Waals surface area contributed by atoms with Gasteiger partial charge in [-0.15, -0.1) is 0 Å². The molecule has 3 rings (SSSR count). The number of carbonyl (C=O) groups is 1. The molecule has 1 saturated carbocycles. The van der Waals surface area contributed by atoms with Crippen molar-refractivity contribution in [2.75, 3.05) is 6.61 Å². The summed E-state index contributed by atoms with van der Waals surface area (Å²) in [6.07, 6.45) is 8.14. The normalized spacial score (nSPS) is 14.9. The van der Waals surface area contributed by atoms with E-state index in [1.807, 2.05) is 16.7 Å². The van der Waals surface area contributed by atoms with Gasteiger partial charge >= 0.3 is 5.97 Å². The molecule has 0 bridgehead atoms. The molecule has 2 aromatic heterocycles. The summed E-state index contributed by atoms with van der Waals surface area (Å²) in [4.78, 5) is 20.9. The lowest BCUT2D eigenvalue weighted by atomic mass is 10.3. The first-order chi connectivity index (χ1) is 11.7. The predicted molar refractivity (Wildman–Crippen MR) is 91.4 cm³/mol. The largest absolute Gasteiger partial charge is 0.461 e. The molecule has 0 aromatic carbocycles. The number of imidazole rings is 1. The summed E-state index contributed by atoms with van der Waals surface area (Å²) in [7, 11) is 0. The van der Waals surface area contributed by atoms with Gasteiger partial charge in [0.05, 0.1) is 30.8 Å². The fourth-order valence-electron chi connectivity index (χ4n) is 2.93. The lowest BCUT2D eigenvalue weighted by molar-refractivity contribution is 0.0515. The molecule has 6 nitrogen and oxygen atoms in total. The number of hydrogen-bond acceptors (Lipinski definition) is 6. The van der Waals surface area contributed by atoms with Crippen LogP contribution < -0.4 is 0 Å². The van der Waals surface area contributed by atoms with Crippen molar-refractivity contribution < 1.29 is 14.6 Å². The maximum absolute atomic E-state index is 12.2. The highest BCUT2D eigenvalue weighted by Gasteiger charge is 2.27. The van der Waals surface area contributed by atoms with Gasteiger partial charge in [-0.3, -0.25) is 9.55 Å². The second kappa shape index (κ2) is 7.81. The quantitative estimate of drug-likeness (QED) is 0.810. The van der Waals surface area contributed by atoms with Gasteiger partial charge in [-0.2, -0.15) is 0 Å². The van der Waals surface area contributed by atoms with E-state index in [2.05, 4.69) is 9.97 Å². The Hall–Kier alpha value is -1.86. The molecular weight excluding hydrogens is 326 g/mol. The molecule has 2 aromatic rings. The van der Waals surface area contributed by atoms with E-state index in [9.17, 15) is 9.90 Å². The van der Waals surface area contributed by atoms with E-state index in [1.54, 1.807) is 31.1 Å². The average molecular weight is 347 g/mol. The smallest absolute Gasteiger partial charge is 0.358 e. The average Bonchev–Trinajstić information content (AvgIpc) is 3.23. The molecule has 0 spiro atoms. The molecular formula is C17H21N3O3S. The van der Waals surface area contributed by atoms with Crippen molar-refractivity contribution in [3.63, 3.8) is 0 Å². The summed E-state index contributed by atoms with van der Waals surface area (Å²) in [5, 5.41) is 11.1. The standard InChI is InChI=1S/C17H21N3O3S/c1-2-23-16(22)15-14(11-21)20(12-6-5-9-18-10-12)17(19-15)24-13-7-3-4-8-13/h5-6,9-10,13,21H,2-4,7-8,11H2,1H3. The molecule has 0 radical (unpaired) electrons. The molecule has 0 saturated heterocycles. The van der Waals surface area contributed by atoms with E-state index in [1.165, 1.54) is 12.8 Å². The number of thioether (sulfide) groups is 1. The zero-order valence-electron chi connectivity index (χ0n) is 13.6. The van der Waals surface area contributed by atoms with Crippen LogP contribution in [0.2, 0.25) is 0 Å². The number of ether oxygens (including phenoxy) is 1. The molecule has 7 heteroatoms. The highest BCUT2D eigenvalue weighted by molar-refractivity contribution is 7.99. The van der Waals surface area contributed by atoms with E-state index in [-0.39, 0.29) is 18.9 Å². The minimum atomic E-state index is -0.502. The molecule has 0 aliphatic heterocycles. The van der Waals surface area contributed by atoms with Crippen molar-refractivity contribution in [2.24, 2.45) is 0 Å². The van der Waals surface area contributed by atoms with Crippen LogP contribution in [-0.4, -0.2) is 37.5 Å². The van der Waals surface area contributed by atoms with Crippen LogP contribution in [0.4, 0.5) is 0 Å². The first-order valence-electron chi connectivity index (χ1n) is 8.21.